The van der Waals surface area contributed by atoms with Crippen molar-refractivity contribution in [1.82, 2.24) is 25.3 Å². The largest absolute Gasteiger partial charge is 0.508 e. The highest BCUT2D eigenvalue weighted by atomic mass is 32.2. The van der Waals surface area contributed by atoms with Crippen molar-refractivity contribution in [1.29, 1.82) is 0 Å². The number of alkyl halides is 3. The molecule has 1 unspecified atom stereocenters. The Bertz CT molecular complexity index is 1870. The standard InChI is InChI=1S/C28H25F3N6O5S2/c29-28(30,31)19-5-1-17(2-6-19)11-12-33-26(39)24(13-18-3-7-21(38)8-4-18)37-15-20(35-36-37)16-42-22-9-10-23-25(14-22)43-27(34-23)44(32,40)41/h1-10,14-15,24,38H,11-13,16H2,(H,33,39)(H2,32,40,41). The monoisotopic (exact) mass is 646 g/mol. The minimum absolute atomic E-state index is 0.00613. The Kier molecular flexibility index (Phi) is 8.85. The summed E-state index contributed by atoms with van der Waals surface area (Å²) >= 11 is 0.918. The van der Waals surface area contributed by atoms with Gasteiger partial charge in [0.05, 0.1) is 22.0 Å². The van der Waals surface area contributed by atoms with Gasteiger partial charge in [0.25, 0.3) is 10.0 Å². The highest BCUT2D eigenvalue weighted by Crippen LogP contribution is 2.30. The maximum Gasteiger partial charge on any atom is 0.416 e. The molecule has 0 saturated carbocycles. The smallest absolute Gasteiger partial charge is 0.416 e. The Morgan fingerprint density at radius 2 is 1.77 bits per heavy atom. The number of ether oxygens (including phenoxy) is 1. The number of nitrogens with one attached hydrogen (secondary N) is 1. The first-order valence-corrected chi connectivity index (χ1v) is 15.4. The number of rotatable bonds is 11. The molecule has 11 nitrogen and oxygen atoms in total. The summed E-state index contributed by atoms with van der Waals surface area (Å²) in [6.07, 6.45) is -2.34. The number of fused-ring (bicyclic) bond motifs is 1. The number of phenolic OH excluding ortho intramolecular Hbond substituents is 1. The second-order valence-corrected chi connectivity index (χ2v) is 12.5. The molecule has 2 heterocycles. The zero-order chi connectivity index (χ0) is 31.5. The van der Waals surface area contributed by atoms with E-state index < -0.39 is 27.8 Å². The van der Waals surface area contributed by atoms with Crippen LogP contribution in [0.5, 0.6) is 11.5 Å². The fourth-order valence-corrected chi connectivity index (χ4v) is 5.94. The zero-order valence-electron chi connectivity index (χ0n) is 22.7. The van der Waals surface area contributed by atoms with E-state index in [0.29, 0.717) is 33.6 Å². The Balaban J connectivity index is 1.26. The normalized spacial score (nSPS) is 12.7. The lowest BCUT2D eigenvalue weighted by Gasteiger charge is -2.17. The van der Waals surface area contributed by atoms with Crippen molar-refractivity contribution in [3.63, 3.8) is 0 Å². The predicted octanol–water partition coefficient (Wildman–Crippen LogP) is 3.98. The summed E-state index contributed by atoms with van der Waals surface area (Å²) in [6.45, 7) is 0.169. The summed E-state index contributed by atoms with van der Waals surface area (Å²) in [5, 5.41) is 25.9. The average molecular weight is 647 g/mol. The number of thiazole rings is 1. The van der Waals surface area contributed by atoms with Crippen molar-refractivity contribution in [3.8, 4) is 11.5 Å². The first-order chi connectivity index (χ1) is 20.8. The van der Waals surface area contributed by atoms with E-state index in [4.69, 9.17) is 9.88 Å². The van der Waals surface area contributed by atoms with Gasteiger partial charge in [0.1, 0.15) is 29.8 Å². The number of amides is 1. The number of nitrogens with two attached hydrogens (primary N) is 1. The van der Waals surface area contributed by atoms with Crippen LogP contribution in [-0.4, -0.2) is 46.0 Å². The predicted molar refractivity (Wildman–Crippen MR) is 154 cm³/mol. The van der Waals surface area contributed by atoms with Gasteiger partial charge in [-0.2, -0.15) is 13.2 Å². The van der Waals surface area contributed by atoms with Crippen LogP contribution in [0.3, 0.4) is 0 Å². The molecule has 3 aromatic carbocycles. The van der Waals surface area contributed by atoms with Crippen molar-refractivity contribution < 1.29 is 36.2 Å². The summed E-state index contributed by atoms with van der Waals surface area (Å²) in [6, 6.07) is 15.1. The van der Waals surface area contributed by atoms with Gasteiger partial charge < -0.3 is 15.2 Å². The molecule has 230 valence electrons. The van der Waals surface area contributed by atoms with Crippen molar-refractivity contribution in [2.45, 2.75) is 36.0 Å². The Morgan fingerprint density at radius 3 is 2.45 bits per heavy atom. The fraction of sp³-hybridized carbons (Fsp3) is 0.214. The molecule has 0 aliphatic rings. The Morgan fingerprint density at radius 1 is 1.07 bits per heavy atom. The van der Waals surface area contributed by atoms with Gasteiger partial charge in [-0.15, -0.1) is 16.4 Å². The van der Waals surface area contributed by atoms with Crippen LogP contribution in [-0.2, 0) is 40.4 Å². The summed E-state index contributed by atoms with van der Waals surface area (Å²) in [4.78, 5) is 17.3. The highest BCUT2D eigenvalue weighted by molar-refractivity contribution is 7.91. The van der Waals surface area contributed by atoms with E-state index in [2.05, 4.69) is 20.6 Å². The van der Waals surface area contributed by atoms with Gasteiger partial charge in [-0.25, -0.2) is 23.2 Å². The number of carbonyl (C=O) groups excluding carboxylic acids is 1. The van der Waals surface area contributed by atoms with Gasteiger partial charge in [0.15, 0.2) is 0 Å². The lowest BCUT2D eigenvalue weighted by atomic mass is 10.0. The van der Waals surface area contributed by atoms with Crippen LogP contribution in [0.2, 0.25) is 0 Å². The molecule has 0 aliphatic heterocycles. The number of benzene rings is 3. The van der Waals surface area contributed by atoms with Crippen LogP contribution >= 0.6 is 11.3 Å². The van der Waals surface area contributed by atoms with Crippen LogP contribution < -0.4 is 15.2 Å². The van der Waals surface area contributed by atoms with Crippen LogP contribution in [0.25, 0.3) is 10.2 Å². The summed E-state index contributed by atoms with van der Waals surface area (Å²) in [7, 11) is -3.93. The summed E-state index contributed by atoms with van der Waals surface area (Å²) in [5.74, 6) is 0.117. The van der Waals surface area contributed by atoms with Crippen LogP contribution in [0.1, 0.15) is 28.4 Å². The number of nitrogens with zero attached hydrogens (tertiary/aromatic N) is 4. The quantitative estimate of drug-likeness (QED) is 0.194. The van der Waals surface area contributed by atoms with Gasteiger partial charge in [0.2, 0.25) is 10.2 Å². The maximum atomic E-state index is 13.3. The molecule has 0 fully saturated rings. The summed E-state index contributed by atoms with van der Waals surface area (Å²) < 4.78 is 69.3. The van der Waals surface area contributed by atoms with Crippen LogP contribution in [0, 0.1) is 0 Å². The van der Waals surface area contributed by atoms with Crippen LogP contribution in [0.4, 0.5) is 13.2 Å². The van der Waals surface area contributed by atoms with E-state index in [-0.39, 0.29) is 35.6 Å². The molecule has 1 amide bonds. The number of halogens is 3. The molecule has 0 spiro atoms. The van der Waals surface area contributed by atoms with Crippen molar-refractivity contribution in [2.24, 2.45) is 5.14 Å². The number of aromatic nitrogens is 4. The third-order valence-electron chi connectivity index (χ3n) is 6.51. The lowest BCUT2D eigenvalue weighted by Crippen LogP contribution is -2.35. The summed E-state index contributed by atoms with van der Waals surface area (Å²) in [5.41, 5.74) is 1.50. The van der Waals surface area contributed by atoms with Gasteiger partial charge in [0, 0.05) is 13.0 Å². The number of hydrogen-bond donors (Lipinski definition) is 3. The molecule has 0 aliphatic carbocycles. The molecule has 0 saturated heterocycles. The molecule has 5 aromatic rings. The minimum atomic E-state index is -4.43. The van der Waals surface area contributed by atoms with E-state index in [1.807, 2.05) is 0 Å². The molecule has 5 rings (SSSR count). The molecule has 2 aromatic heterocycles. The van der Waals surface area contributed by atoms with E-state index in [0.717, 1.165) is 29.0 Å². The molecule has 4 N–H and O–H groups in total. The van der Waals surface area contributed by atoms with Crippen molar-refractivity contribution >= 4 is 37.5 Å². The second-order valence-electron chi connectivity index (χ2n) is 9.75. The van der Waals surface area contributed by atoms with E-state index in [1.165, 1.54) is 28.9 Å². The molecule has 0 bridgehead atoms. The van der Waals surface area contributed by atoms with Gasteiger partial charge in [-0.1, -0.05) is 29.5 Å². The van der Waals surface area contributed by atoms with Crippen molar-refractivity contribution in [2.75, 3.05) is 6.54 Å². The SMILES string of the molecule is NS(=O)(=O)c1nc2ccc(OCc3cn(C(Cc4ccc(O)cc4)C(=O)NCCc4ccc(C(F)(F)F)cc4)nn3)cc2s1. The number of sulfonamides is 1. The van der Waals surface area contributed by atoms with E-state index in [1.54, 1.807) is 36.5 Å². The molecular formula is C28H25F3N6O5S2. The van der Waals surface area contributed by atoms with Crippen LogP contribution in [0.15, 0.2) is 77.3 Å². The molecule has 0 radical (unpaired) electrons. The number of aromatic hydroxyl groups is 1. The number of phenols is 1. The number of carbonyl (C=O) groups is 1. The molecule has 1 atom stereocenters. The fourth-order valence-electron chi connectivity index (χ4n) is 4.25. The molecular weight excluding hydrogens is 621 g/mol. The average Bonchev–Trinajstić information content (AvgIpc) is 3.63. The molecule has 16 heteroatoms. The second kappa shape index (κ2) is 12.6. The maximum absolute atomic E-state index is 13.3. The third-order valence-corrected chi connectivity index (χ3v) is 8.85. The van der Waals surface area contributed by atoms with E-state index >= 15 is 0 Å². The first-order valence-electron chi connectivity index (χ1n) is 13.0. The minimum Gasteiger partial charge on any atom is -0.508 e. The van der Waals surface area contributed by atoms with Gasteiger partial charge in [-0.05, 0) is 60.0 Å². The van der Waals surface area contributed by atoms with Crippen molar-refractivity contribution in [3.05, 3.63) is 95.3 Å². The number of hydrogen-bond acceptors (Lipinski definition) is 9. The topological polar surface area (TPSA) is 162 Å². The Hall–Kier alpha value is -4.54. The lowest BCUT2D eigenvalue weighted by molar-refractivity contribution is -0.137. The Labute approximate surface area is 253 Å². The first kappa shape index (κ1) is 30.9. The third kappa shape index (κ3) is 7.69. The number of primary sulfonamides is 1. The molecule has 44 heavy (non-hydrogen) atoms. The van der Waals surface area contributed by atoms with Gasteiger partial charge in [-0.3, -0.25) is 4.79 Å². The highest BCUT2D eigenvalue weighted by Gasteiger charge is 2.30. The van der Waals surface area contributed by atoms with Gasteiger partial charge >= 0.3 is 6.18 Å². The van der Waals surface area contributed by atoms with E-state index in [9.17, 15) is 31.5 Å². The zero-order valence-corrected chi connectivity index (χ0v) is 24.4.